The molecule has 1 N–H and O–H groups in total. The Morgan fingerprint density at radius 3 is 2.79 bits per heavy atom. The van der Waals surface area contributed by atoms with Crippen LogP contribution < -0.4 is 5.56 Å². The third-order valence-corrected chi connectivity index (χ3v) is 7.28. The first kappa shape index (κ1) is 19.3. The van der Waals surface area contributed by atoms with Crippen LogP contribution in [0.2, 0.25) is 0 Å². The molecule has 0 bridgehead atoms. The second-order valence-electron chi connectivity index (χ2n) is 7.97. The Balaban J connectivity index is 1.51. The number of carbonyl (C=O) groups excluding carboxylic acids is 1. The molecule has 3 aliphatic rings. The molecule has 1 aromatic heterocycles. The summed E-state index contributed by atoms with van der Waals surface area (Å²) in [4.78, 5) is 34.7. The molecule has 0 aromatic carbocycles. The molecule has 1 saturated heterocycles. The number of aromatic amines is 1. The highest BCUT2D eigenvalue weighted by atomic mass is 32.2. The molecule has 0 saturated carbocycles. The van der Waals surface area contributed by atoms with Gasteiger partial charge >= 0.3 is 0 Å². The van der Waals surface area contributed by atoms with E-state index in [9.17, 15) is 18.0 Å². The first-order valence-electron chi connectivity index (χ1n) is 9.84. The zero-order valence-corrected chi connectivity index (χ0v) is 16.9. The number of aromatic nitrogens is 2. The quantitative estimate of drug-likeness (QED) is 0.747. The Kier molecular flexibility index (Phi) is 5.13. The van der Waals surface area contributed by atoms with Gasteiger partial charge in [0.15, 0.2) is 0 Å². The second-order valence-corrected chi connectivity index (χ2v) is 9.96. The van der Waals surface area contributed by atoms with Crippen molar-refractivity contribution in [2.24, 2.45) is 5.92 Å². The summed E-state index contributed by atoms with van der Waals surface area (Å²) < 4.78 is 25.1. The molecule has 28 heavy (non-hydrogen) atoms. The summed E-state index contributed by atoms with van der Waals surface area (Å²) in [5.74, 6) is 0.797. The van der Waals surface area contributed by atoms with Crippen LogP contribution in [0, 0.1) is 5.92 Å². The van der Waals surface area contributed by atoms with Crippen molar-refractivity contribution in [2.45, 2.75) is 44.6 Å². The van der Waals surface area contributed by atoms with Crippen LogP contribution in [0.5, 0.6) is 0 Å². The van der Waals surface area contributed by atoms with Gasteiger partial charge in [-0.3, -0.25) is 9.59 Å². The number of rotatable bonds is 3. The highest BCUT2D eigenvalue weighted by Gasteiger charge is 2.34. The number of nitrogens with zero attached hydrogens (tertiary/aromatic N) is 3. The largest absolute Gasteiger partial charge is 0.342 e. The molecule has 0 unspecified atom stereocenters. The number of sulfonamides is 1. The van der Waals surface area contributed by atoms with Gasteiger partial charge in [-0.25, -0.2) is 13.4 Å². The Labute approximate surface area is 164 Å². The van der Waals surface area contributed by atoms with Gasteiger partial charge in [0, 0.05) is 37.0 Å². The lowest BCUT2D eigenvalue weighted by Crippen LogP contribution is -2.39. The molecular weight excluding hydrogens is 380 g/mol. The minimum Gasteiger partial charge on any atom is -0.342 e. The lowest BCUT2D eigenvalue weighted by molar-refractivity contribution is -0.134. The van der Waals surface area contributed by atoms with E-state index < -0.39 is 10.0 Å². The molecule has 2 atom stereocenters. The maximum absolute atomic E-state index is 12.8. The monoisotopic (exact) mass is 406 g/mol. The molecule has 1 fully saturated rings. The lowest BCUT2D eigenvalue weighted by Gasteiger charge is -2.26. The predicted molar refractivity (Wildman–Crippen MR) is 104 cm³/mol. The number of H-pyrrole nitrogens is 1. The fourth-order valence-corrected chi connectivity index (χ4v) is 5.15. The van der Waals surface area contributed by atoms with Gasteiger partial charge in [0.2, 0.25) is 15.9 Å². The van der Waals surface area contributed by atoms with Gasteiger partial charge in [-0.15, -0.1) is 0 Å². The molecular formula is C19H26N4O4S. The average molecular weight is 407 g/mol. The van der Waals surface area contributed by atoms with Gasteiger partial charge in [0.1, 0.15) is 5.82 Å². The van der Waals surface area contributed by atoms with Gasteiger partial charge < -0.3 is 9.88 Å². The first-order chi connectivity index (χ1) is 13.3. The minimum atomic E-state index is -3.32. The standard InChI is InChI=1S/C19H26N4O4S/c1-28(26,27)23-10-8-15-16(12-23)20-17(21-18(15)24)14-7-9-22(11-14)19(25)13-5-3-2-4-6-13/h2-3,13-14H,4-12H2,1H3,(H,20,21,24)/t13-,14-/m1/s1. The molecule has 8 nitrogen and oxygen atoms in total. The summed E-state index contributed by atoms with van der Waals surface area (Å²) in [6, 6.07) is 0. The second kappa shape index (κ2) is 7.44. The molecule has 2 aliphatic heterocycles. The third kappa shape index (κ3) is 3.77. The van der Waals surface area contributed by atoms with E-state index in [1.807, 2.05) is 4.90 Å². The highest BCUT2D eigenvalue weighted by Crippen LogP contribution is 2.29. The molecule has 1 aromatic rings. The number of fused-ring (bicyclic) bond motifs is 1. The van der Waals surface area contributed by atoms with E-state index in [1.54, 1.807) is 0 Å². The van der Waals surface area contributed by atoms with Crippen molar-refractivity contribution in [3.8, 4) is 0 Å². The fourth-order valence-electron chi connectivity index (χ4n) is 4.37. The summed E-state index contributed by atoms with van der Waals surface area (Å²) >= 11 is 0. The van der Waals surface area contributed by atoms with E-state index in [-0.39, 0.29) is 29.8 Å². The molecule has 0 spiro atoms. The maximum atomic E-state index is 12.8. The smallest absolute Gasteiger partial charge is 0.254 e. The van der Waals surface area contributed by atoms with Crippen LogP contribution in [0.25, 0.3) is 0 Å². The molecule has 1 aliphatic carbocycles. The lowest BCUT2D eigenvalue weighted by atomic mass is 9.93. The van der Waals surface area contributed by atoms with Crippen molar-refractivity contribution in [3.05, 3.63) is 39.6 Å². The normalized spacial score (nSPS) is 25.7. The average Bonchev–Trinajstić information content (AvgIpc) is 3.17. The van der Waals surface area contributed by atoms with E-state index in [0.717, 1.165) is 25.7 Å². The zero-order valence-electron chi connectivity index (χ0n) is 16.1. The van der Waals surface area contributed by atoms with Crippen molar-refractivity contribution < 1.29 is 13.2 Å². The van der Waals surface area contributed by atoms with E-state index in [2.05, 4.69) is 22.1 Å². The Morgan fingerprint density at radius 1 is 1.25 bits per heavy atom. The van der Waals surface area contributed by atoms with Crippen LogP contribution in [0.15, 0.2) is 16.9 Å². The van der Waals surface area contributed by atoms with Crippen LogP contribution in [-0.2, 0) is 27.8 Å². The van der Waals surface area contributed by atoms with Gasteiger partial charge in [0.05, 0.1) is 18.5 Å². The van der Waals surface area contributed by atoms with E-state index in [0.29, 0.717) is 43.1 Å². The Morgan fingerprint density at radius 2 is 2.07 bits per heavy atom. The number of amides is 1. The van der Waals surface area contributed by atoms with Crippen LogP contribution in [-0.4, -0.2) is 59.4 Å². The van der Waals surface area contributed by atoms with Gasteiger partial charge in [0.25, 0.3) is 5.56 Å². The van der Waals surface area contributed by atoms with Crippen LogP contribution in [0.3, 0.4) is 0 Å². The summed E-state index contributed by atoms with van der Waals surface area (Å²) in [5, 5.41) is 0. The summed E-state index contributed by atoms with van der Waals surface area (Å²) in [6.45, 7) is 1.66. The Bertz CT molecular complexity index is 969. The SMILES string of the molecule is CS(=O)(=O)N1CCc2c(nc([C@@H]3CCN(C(=O)[C@@H]4CC=CCC4)C3)[nH]c2=O)C1. The number of likely N-dealkylation sites (tertiary alicyclic amines) is 1. The number of hydrogen-bond acceptors (Lipinski definition) is 5. The van der Waals surface area contributed by atoms with Gasteiger partial charge in [-0.05, 0) is 32.1 Å². The maximum Gasteiger partial charge on any atom is 0.254 e. The summed E-state index contributed by atoms with van der Waals surface area (Å²) in [6.07, 6.45) is 9.15. The molecule has 4 rings (SSSR count). The van der Waals surface area contributed by atoms with Crippen molar-refractivity contribution in [2.75, 3.05) is 25.9 Å². The third-order valence-electron chi connectivity index (χ3n) is 6.03. The van der Waals surface area contributed by atoms with Crippen molar-refractivity contribution in [3.63, 3.8) is 0 Å². The van der Waals surface area contributed by atoms with Crippen LogP contribution >= 0.6 is 0 Å². The summed E-state index contributed by atoms with van der Waals surface area (Å²) in [5.41, 5.74) is 0.927. The fraction of sp³-hybridized carbons (Fsp3) is 0.632. The number of allylic oxidation sites excluding steroid dienone is 2. The molecule has 3 heterocycles. The van der Waals surface area contributed by atoms with Crippen LogP contribution in [0.4, 0.5) is 0 Å². The van der Waals surface area contributed by atoms with E-state index >= 15 is 0 Å². The number of hydrogen-bond donors (Lipinski definition) is 1. The van der Waals surface area contributed by atoms with Crippen LogP contribution in [0.1, 0.15) is 48.7 Å². The van der Waals surface area contributed by atoms with Crippen molar-refractivity contribution >= 4 is 15.9 Å². The topological polar surface area (TPSA) is 103 Å². The molecule has 9 heteroatoms. The van der Waals surface area contributed by atoms with E-state index in [4.69, 9.17) is 0 Å². The van der Waals surface area contributed by atoms with Crippen molar-refractivity contribution in [1.29, 1.82) is 0 Å². The van der Waals surface area contributed by atoms with Crippen molar-refractivity contribution in [1.82, 2.24) is 19.2 Å². The predicted octanol–water partition coefficient (Wildman–Crippen LogP) is 0.760. The number of carbonyl (C=O) groups is 1. The molecule has 1 amide bonds. The van der Waals surface area contributed by atoms with E-state index in [1.165, 1.54) is 10.6 Å². The van der Waals surface area contributed by atoms with Gasteiger partial charge in [-0.1, -0.05) is 12.2 Å². The Hall–Kier alpha value is -2.00. The highest BCUT2D eigenvalue weighted by molar-refractivity contribution is 7.88. The number of nitrogens with one attached hydrogen (secondary N) is 1. The first-order valence-corrected chi connectivity index (χ1v) is 11.7. The zero-order chi connectivity index (χ0) is 19.9. The van der Waals surface area contributed by atoms with Gasteiger partial charge in [-0.2, -0.15) is 4.31 Å². The molecule has 0 radical (unpaired) electrons. The summed E-state index contributed by atoms with van der Waals surface area (Å²) in [7, 11) is -3.32. The minimum absolute atomic E-state index is 0.0188. The molecule has 152 valence electrons.